The summed E-state index contributed by atoms with van der Waals surface area (Å²) in [4.78, 5) is 25.8. The molecule has 0 bridgehead atoms. The maximum Gasteiger partial charge on any atom is 0.339 e. The summed E-state index contributed by atoms with van der Waals surface area (Å²) in [6.45, 7) is 3.43. The van der Waals surface area contributed by atoms with E-state index < -0.39 is 5.97 Å². The average Bonchev–Trinajstić information content (AvgIpc) is 2.91. The number of amides is 1. The van der Waals surface area contributed by atoms with Crippen molar-refractivity contribution >= 4 is 11.9 Å². The second-order valence-electron chi connectivity index (χ2n) is 6.78. The van der Waals surface area contributed by atoms with Gasteiger partial charge in [0.15, 0.2) is 5.76 Å². The van der Waals surface area contributed by atoms with Gasteiger partial charge in [-0.1, -0.05) is 32.6 Å². The highest BCUT2D eigenvalue weighted by Crippen LogP contribution is 2.34. The van der Waals surface area contributed by atoms with E-state index in [9.17, 15) is 14.7 Å². The van der Waals surface area contributed by atoms with E-state index >= 15 is 0 Å². The van der Waals surface area contributed by atoms with Gasteiger partial charge in [0.05, 0.1) is 18.8 Å². The Morgan fingerprint density at radius 3 is 2.54 bits per heavy atom. The predicted octanol–water partition coefficient (Wildman–Crippen LogP) is 3.11. The predicted molar refractivity (Wildman–Crippen MR) is 87.3 cm³/mol. The topological polar surface area (TPSA) is 80.0 Å². The summed E-state index contributed by atoms with van der Waals surface area (Å²) in [5.41, 5.74) is -0.154. The summed E-state index contributed by atoms with van der Waals surface area (Å²) in [5, 5.41) is 9.23. The lowest BCUT2D eigenvalue weighted by Gasteiger charge is -2.42. The molecule has 2 heterocycles. The summed E-state index contributed by atoms with van der Waals surface area (Å²) in [5.74, 6) is -0.820. The number of nitrogens with zero attached hydrogens (tertiary/aromatic N) is 1. The third-order valence-corrected chi connectivity index (χ3v) is 5.12. The Bertz CT molecular complexity index is 613. The Morgan fingerprint density at radius 1 is 1.25 bits per heavy atom. The molecule has 1 spiro atoms. The molecule has 1 N–H and O–H groups in total. The van der Waals surface area contributed by atoms with Gasteiger partial charge in [-0.25, -0.2) is 4.79 Å². The maximum absolute atomic E-state index is 12.8. The van der Waals surface area contributed by atoms with Crippen molar-refractivity contribution in [3.63, 3.8) is 0 Å². The number of hydrogen-bond donors (Lipinski definition) is 1. The SMILES string of the molecule is CCc1oc(C(=O)N2CCOC3(CCCCCC3)C2)cc1C(=O)O. The summed E-state index contributed by atoms with van der Waals surface area (Å²) < 4.78 is 11.6. The fourth-order valence-electron chi connectivity index (χ4n) is 3.83. The van der Waals surface area contributed by atoms with Crippen molar-refractivity contribution in [2.24, 2.45) is 0 Å². The number of carboxylic acid groups (broad SMARTS) is 1. The molecule has 1 aromatic rings. The zero-order valence-corrected chi connectivity index (χ0v) is 14.2. The van der Waals surface area contributed by atoms with Crippen molar-refractivity contribution in [2.75, 3.05) is 19.7 Å². The summed E-state index contributed by atoms with van der Waals surface area (Å²) in [7, 11) is 0. The molecule has 132 valence electrons. The molecule has 6 heteroatoms. The highest BCUT2D eigenvalue weighted by atomic mass is 16.5. The van der Waals surface area contributed by atoms with Gasteiger partial charge in [-0.2, -0.15) is 0 Å². The van der Waals surface area contributed by atoms with Crippen molar-refractivity contribution in [3.8, 4) is 0 Å². The van der Waals surface area contributed by atoms with Crippen LogP contribution in [-0.2, 0) is 11.2 Å². The molecule has 2 aliphatic rings. The minimum Gasteiger partial charge on any atom is -0.478 e. The quantitative estimate of drug-likeness (QED) is 0.918. The van der Waals surface area contributed by atoms with E-state index in [2.05, 4.69) is 0 Å². The van der Waals surface area contributed by atoms with Gasteiger partial charge in [0.1, 0.15) is 11.3 Å². The Labute approximate surface area is 141 Å². The monoisotopic (exact) mass is 335 g/mol. The fraction of sp³-hybridized carbons (Fsp3) is 0.667. The van der Waals surface area contributed by atoms with Gasteiger partial charge in [0.2, 0.25) is 0 Å². The van der Waals surface area contributed by atoms with Crippen LogP contribution >= 0.6 is 0 Å². The minimum absolute atomic E-state index is 0.0817. The summed E-state index contributed by atoms with van der Waals surface area (Å²) in [6, 6.07) is 1.36. The van der Waals surface area contributed by atoms with E-state index in [0.29, 0.717) is 31.9 Å². The van der Waals surface area contributed by atoms with Gasteiger partial charge in [-0.05, 0) is 12.8 Å². The molecule has 0 unspecified atom stereocenters. The standard InChI is InChI=1S/C18H25NO5/c1-2-14-13(17(21)22)11-15(24-14)16(20)19-9-10-23-18(12-19)7-5-3-4-6-8-18/h11H,2-10,12H2,1H3,(H,21,22). The highest BCUT2D eigenvalue weighted by molar-refractivity contribution is 5.96. The van der Waals surface area contributed by atoms with Crippen LogP contribution in [0.3, 0.4) is 0 Å². The van der Waals surface area contributed by atoms with Crippen LogP contribution < -0.4 is 0 Å². The first-order valence-electron chi connectivity index (χ1n) is 8.84. The first kappa shape index (κ1) is 17.0. The molecule has 1 amide bonds. The second kappa shape index (κ2) is 6.97. The molecule has 6 nitrogen and oxygen atoms in total. The lowest BCUT2D eigenvalue weighted by molar-refractivity contribution is -0.107. The van der Waals surface area contributed by atoms with Crippen LogP contribution in [0.5, 0.6) is 0 Å². The molecule has 1 aliphatic heterocycles. The number of carbonyl (C=O) groups is 2. The molecule has 1 saturated heterocycles. The molecule has 3 rings (SSSR count). The van der Waals surface area contributed by atoms with Crippen LogP contribution in [0.15, 0.2) is 10.5 Å². The molecule has 1 saturated carbocycles. The van der Waals surface area contributed by atoms with Crippen LogP contribution in [0, 0.1) is 0 Å². The van der Waals surface area contributed by atoms with Crippen molar-refractivity contribution < 1.29 is 23.8 Å². The first-order valence-corrected chi connectivity index (χ1v) is 8.84. The highest BCUT2D eigenvalue weighted by Gasteiger charge is 2.39. The van der Waals surface area contributed by atoms with Crippen LogP contribution in [0.2, 0.25) is 0 Å². The molecule has 0 radical (unpaired) electrons. The summed E-state index contributed by atoms with van der Waals surface area (Å²) >= 11 is 0. The van der Waals surface area contributed by atoms with E-state index in [-0.39, 0.29) is 22.8 Å². The van der Waals surface area contributed by atoms with Crippen LogP contribution in [0.25, 0.3) is 0 Å². The van der Waals surface area contributed by atoms with Gasteiger partial charge in [0.25, 0.3) is 5.91 Å². The average molecular weight is 335 g/mol. The van der Waals surface area contributed by atoms with Crippen molar-refractivity contribution in [1.29, 1.82) is 0 Å². The Kier molecular flexibility index (Phi) is 4.94. The van der Waals surface area contributed by atoms with Gasteiger partial charge < -0.3 is 19.2 Å². The number of aromatic carboxylic acids is 1. The van der Waals surface area contributed by atoms with Crippen LogP contribution in [-0.4, -0.2) is 47.2 Å². The minimum atomic E-state index is -1.06. The molecular weight excluding hydrogens is 310 g/mol. The number of carboxylic acids is 1. The number of morpholine rings is 1. The van der Waals surface area contributed by atoms with E-state index in [0.717, 1.165) is 25.7 Å². The van der Waals surface area contributed by atoms with E-state index in [1.807, 2.05) is 6.92 Å². The maximum atomic E-state index is 12.8. The van der Waals surface area contributed by atoms with Crippen molar-refractivity contribution in [3.05, 3.63) is 23.2 Å². The summed E-state index contributed by atoms with van der Waals surface area (Å²) in [6.07, 6.45) is 7.11. The normalized spacial score (nSPS) is 20.8. The Balaban J connectivity index is 1.78. The number of rotatable bonds is 3. The third-order valence-electron chi connectivity index (χ3n) is 5.12. The number of carbonyl (C=O) groups excluding carboxylic acids is 1. The third kappa shape index (κ3) is 3.34. The number of aryl methyl sites for hydroxylation is 1. The van der Waals surface area contributed by atoms with E-state index in [1.165, 1.54) is 18.9 Å². The van der Waals surface area contributed by atoms with Crippen LogP contribution in [0.4, 0.5) is 0 Å². The van der Waals surface area contributed by atoms with E-state index in [4.69, 9.17) is 9.15 Å². The fourth-order valence-corrected chi connectivity index (χ4v) is 3.83. The van der Waals surface area contributed by atoms with Gasteiger partial charge in [0, 0.05) is 19.0 Å². The lowest BCUT2D eigenvalue weighted by atomic mass is 9.92. The molecule has 0 atom stereocenters. The number of ether oxygens (including phenoxy) is 1. The van der Waals surface area contributed by atoms with Crippen molar-refractivity contribution in [1.82, 2.24) is 4.90 Å². The molecule has 24 heavy (non-hydrogen) atoms. The first-order chi connectivity index (χ1) is 11.5. The largest absolute Gasteiger partial charge is 0.478 e. The van der Waals surface area contributed by atoms with Gasteiger partial charge >= 0.3 is 5.97 Å². The Morgan fingerprint density at radius 2 is 1.96 bits per heavy atom. The molecule has 1 aromatic heterocycles. The smallest absolute Gasteiger partial charge is 0.339 e. The van der Waals surface area contributed by atoms with E-state index in [1.54, 1.807) is 4.90 Å². The molecular formula is C18H25NO5. The van der Waals surface area contributed by atoms with Gasteiger partial charge in [-0.15, -0.1) is 0 Å². The molecule has 1 aliphatic carbocycles. The second-order valence-corrected chi connectivity index (χ2v) is 6.78. The molecule has 2 fully saturated rings. The van der Waals surface area contributed by atoms with Crippen LogP contribution in [0.1, 0.15) is 72.1 Å². The zero-order valence-electron chi connectivity index (χ0n) is 14.2. The lowest BCUT2D eigenvalue weighted by Crippen LogP contribution is -2.53. The zero-order chi connectivity index (χ0) is 17.2. The molecule has 0 aromatic carbocycles. The van der Waals surface area contributed by atoms with Gasteiger partial charge in [-0.3, -0.25) is 4.79 Å². The Hall–Kier alpha value is -1.82. The number of hydrogen-bond acceptors (Lipinski definition) is 4. The van der Waals surface area contributed by atoms with Crippen molar-refractivity contribution in [2.45, 2.75) is 57.5 Å². The number of furan rings is 1.